The van der Waals surface area contributed by atoms with Gasteiger partial charge in [0.2, 0.25) is 0 Å². The standard InChI is InChI=1S/C19H13F3N2O4/c20-19(21,22)10-28-15-7-2-1-6-13(15)11-4-3-5-12(8-11)16-17(25)23-9-14(24-16)18(26)27/h1-9H,10H2,(H,23,25)(H,26,27). The highest BCUT2D eigenvalue weighted by Gasteiger charge is 2.28. The summed E-state index contributed by atoms with van der Waals surface area (Å²) in [6.45, 7) is -1.44. The van der Waals surface area contributed by atoms with Gasteiger partial charge in [-0.25, -0.2) is 9.78 Å². The largest absolute Gasteiger partial charge is 0.483 e. The average Bonchev–Trinajstić information content (AvgIpc) is 2.66. The molecule has 0 radical (unpaired) electrons. The number of hydrogen-bond donors (Lipinski definition) is 2. The van der Waals surface area contributed by atoms with Gasteiger partial charge in [-0.1, -0.05) is 36.4 Å². The van der Waals surface area contributed by atoms with Gasteiger partial charge >= 0.3 is 12.1 Å². The molecule has 2 N–H and O–H groups in total. The quantitative estimate of drug-likeness (QED) is 0.692. The average molecular weight is 390 g/mol. The summed E-state index contributed by atoms with van der Waals surface area (Å²) in [4.78, 5) is 29.3. The fraction of sp³-hybridized carbons (Fsp3) is 0.105. The highest BCUT2D eigenvalue weighted by Crippen LogP contribution is 2.32. The van der Waals surface area contributed by atoms with E-state index >= 15 is 0 Å². The molecule has 1 aromatic heterocycles. The van der Waals surface area contributed by atoms with Crippen LogP contribution in [0.25, 0.3) is 22.4 Å². The Balaban J connectivity index is 2.03. The first-order valence-electron chi connectivity index (χ1n) is 7.97. The molecule has 3 aromatic rings. The summed E-state index contributed by atoms with van der Waals surface area (Å²) in [6.07, 6.45) is -3.50. The Hall–Kier alpha value is -3.62. The molecule has 0 aliphatic rings. The van der Waals surface area contributed by atoms with Crippen molar-refractivity contribution in [3.8, 4) is 28.1 Å². The molecule has 0 saturated heterocycles. The van der Waals surface area contributed by atoms with Crippen molar-refractivity contribution in [3.05, 3.63) is 70.8 Å². The second-order valence-corrected chi connectivity index (χ2v) is 5.75. The SMILES string of the molecule is O=C(O)c1c[nH]c(=O)c(-c2cccc(-c3ccccc3OCC(F)(F)F)c2)n1. The molecule has 6 nitrogen and oxygen atoms in total. The van der Waals surface area contributed by atoms with Gasteiger partial charge < -0.3 is 14.8 Å². The first-order chi connectivity index (χ1) is 13.2. The zero-order chi connectivity index (χ0) is 20.3. The number of carboxylic acids is 1. The number of aromatic amines is 1. The van der Waals surface area contributed by atoms with Crippen molar-refractivity contribution in [1.82, 2.24) is 9.97 Å². The number of H-pyrrole nitrogens is 1. The summed E-state index contributed by atoms with van der Waals surface area (Å²) in [7, 11) is 0. The Bertz CT molecular complexity index is 1080. The molecule has 0 unspecified atom stereocenters. The number of alkyl halides is 3. The molecular formula is C19H13F3N2O4. The molecule has 144 valence electrons. The topological polar surface area (TPSA) is 92.3 Å². The second-order valence-electron chi connectivity index (χ2n) is 5.75. The van der Waals surface area contributed by atoms with Crippen LogP contribution in [0.3, 0.4) is 0 Å². The van der Waals surface area contributed by atoms with Gasteiger partial charge in [0.15, 0.2) is 12.3 Å². The van der Waals surface area contributed by atoms with Crippen LogP contribution in [0.4, 0.5) is 13.2 Å². The maximum atomic E-state index is 12.5. The van der Waals surface area contributed by atoms with E-state index in [1.54, 1.807) is 36.4 Å². The first-order valence-corrected chi connectivity index (χ1v) is 7.97. The van der Waals surface area contributed by atoms with E-state index < -0.39 is 24.3 Å². The van der Waals surface area contributed by atoms with Crippen molar-refractivity contribution in [2.45, 2.75) is 6.18 Å². The fourth-order valence-electron chi connectivity index (χ4n) is 2.54. The number of ether oxygens (including phenoxy) is 1. The van der Waals surface area contributed by atoms with Crippen LogP contribution in [-0.4, -0.2) is 33.8 Å². The van der Waals surface area contributed by atoms with Crippen molar-refractivity contribution in [1.29, 1.82) is 0 Å². The number of rotatable bonds is 5. The van der Waals surface area contributed by atoms with Crippen molar-refractivity contribution >= 4 is 5.97 Å². The molecular weight excluding hydrogens is 377 g/mol. The number of benzene rings is 2. The number of halogens is 3. The van der Waals surface area contributed by atoms with E-state index in [1.165, 1.54) is 12.1 Å². The van der Waals surface area contributed by atoms with Gasteiger partial charge in [0, 0.05) is 17.3 Å². The normalized spacial score (nSPS) is 11.2. The van der Waals surface area contributed by atoms with Crippen molar-refractivity contribution < 1.29 is 27.8 Å². The smallest absolute Gasteiger partial charge is 0.422 e. The molecule has 0 spiro atoms. The third kappa shape index (κ3) is 4.37. The Morgan fingerprint density at radius 3 is 2.54 bits per heavy atom. The number of nitrogens with zero attached hydrogens (tertiary/aromatic N) is 1. The fourth-order valence-corrected chi connectivity index (χ4v) is 2.54. The number of carboxylic acid groups (broad SMARTS) is 1. The highest BCUT2D eigenvalue weighted by atomic mass is 19.4. The predicted molar refractivity (Wildman–Crippen MR) is 94.2 cm³/mol. The first kappa shape index (κ1) is 19.2. The van der Waals surface area contributed by atoms with Crippen molar-refractivity contribution in [3.63, 3.8) is 0 Å². The third-order valence-corrected chi connectivity index (χ3v) is 3.73. The van der Waals surface area contributed by atoms with Gasteiger partial charge in [0.1, 0.15) is 11.4 Å². The van der Waals surface area contributed by atoms with E-state index in [1.807, 2.05) is 0 Å². The van der Waals surface area contributed by atoms with Crippen LogP contribution >= 0.6 is 0 Å². The monoisotopic (exact) mass is 390 g/mol. The summed E-state index contributed by atoms with van der Waals surface area (Å²) >= 11 is 0. The predicted octanol–water partition coefficient (Wildman–Crippen LogP) is 3.74. The van der Waals surface area contributed by atoms with E-state index in [0.717, 1.165) is 6.20 Å². The minimum Gasteiger partial charge on any atom is -0.483 e. The van der Waals surface area contributed by atoms with E-state index in [4.69, 9.17) is 9.84 Å². The minimum atomic E-state index is -4.48. The van der Waals surface area contributed by atoms with E-state index in [0.29, 0.717) is 16.7 Å². The molecule has 0 fully saturated rings. The van der Waals surface area contributed by atoms with Gasteiger partial charge in [-0.3, -0.25) is 4.79 Å². The number of carbonyl (C=O) groups is 1. The van der Waals surface area contributed by atoms with Crippen LogP contribution in [0.2, 0.25) is 0 Å². The van der Waals surface area contributed by atoms with Crippen LogP contribution in [0.5, 0.6) is 5.75 Å². The Labute approximate surface area is 156 Å². The van der Waals surface area contributed by atoms with Gasteiger partial charge in [-0.2, -0.15) is 13.2 Å². The molecule has 1 heterocycles. The summed E-state index contributed by atoms with van der Waals surface area (Å²) in [6, 6.07) is 12.5. The molecule has 0 bridgehead atoms. The molecule has 0 amide bonds. The summed E-state index contributed by atoms with van der Waals surface area (Å²) in [5, 5.41) is 9.05. The second kappa shape index (κ2) is 7.55. The maximum absolute atomic E-state index is 12.5. The third-order valence-electron chi connectivity index (χ3n) is 3.73. The van der Waals surface area contributed by atoms with Gasteiger partial charge in [0.25, 0.3) is 5.56 Å². The molecule has 0 aliphatic carbocycles. The molecule has 0 saturated carbocycles. The minimum absolute atomic E-state index is 0.0260. The Kier molecular flexibility index (Phi) is 5.16. The summed E-state index contributed by atoms with van der Waals surface area (Å²) in [5.74, 6) is -1.28. The lowest BCUT2D eigenvalue weighted by Crippen LogP contribution is -2.19. The lowest BCUT2D eigenvalue weighted by Gasteiger charge is -2.13. The molecule has 9 heteroatoms. The maximum Gasteiger partial charge on any atom is 0.422 e. The van der Waals surface area contributed by atoms with E-state index in [9.17, 15) is 22.8 Å². The molecule has 28 heavy (non-hydrogen) atoms. The van der Waals surface area contributed by atoms with Gasteiger partial charge in [-0.15, -0.1) is 0 Å². The Morgan fingerprint density at radius 1 is 1.11 bits per heavy atom. The van der Waals surface area contributed by atoms with Crippen LogP contribution in [0, 0.1) is 0 Å². The van der Waals surface area contributed by atoms with Crippen LogP contribution in [0.1, 0.15) is 10.5 Å². The number of para-hydroxylation sites is 1. The van der Waals surface area contributed by atoms with Crippen molar-refractivity contribution in [2.24, 2.45) is 0 Å². The zero-order valence-corrected chi connectivity index (χ0v) is 14.2. The van der Waals surface area contributed by atoms with E-state index in [2.05, 4.69) is 9.97 Å². The van der Waals surface area contributed by atoms with Gasteiger partial charge in [0.05, 0.1) is 0 Å². The molecule has 0 aliphatic heterocycles. The highest BCUT2D eigenvalue weighted by molar-refractivity contribution is 5.85. The van der Waals surface area contributed by atoms with E-state index in [-0.39, 0.29) is 17.1 Å². The number of aromatic nitrogens is 2. The van der Waals surface area contributed by atoms with Crippen LogP contribution in [-0.2, 0) is 0 Å². The number of hydrogen-bond acceptors (Lipinski definition) is 4. The zero-order valence-electron chi connectivity index (χ0n) is 14.2. The van der Waals surface area contributed by atoms with Crippen molar-refractivity contribution in [2.75, 3.05) is 6.61 Å². The van der Waals surface area contributed by atoms with Crippen LogP contribution < -0.4 is 10.3 Å². The lowest BCUT2D eigenvalue weighted by atomic mass is 10.0. The molecule has 0 atom stereocenters. The number of nitrogens with one attached hydrogen (secondary N) is 1. The summed E-state index contributed by atoms with van der Waals surface area (Å²) < 4.78 is 42.4. The van der Waals surface area contributed by atoms with Crippen LogP contribution in [0.15, 0.2) is 59.5 Å². The summed E-state index contributed by atoms with van der Waals surface area (Å²) in [5.41, 5.74) is 0.136. The molecule has 3 rings (SSSR count). The lowest BCUT2D eigenvalue weighted by molar-refractivity contribution is -0.153. The number of aromatic carboxylic acids is 1. The molecule has 2 aromatic carbocycles. The van der Waals surface area contributed by atoms with Gasteiger partial charge in [-0.05, 0) is 17.7 Å². The Morgan fingerprint density at radius 2 is 1.82 bits per heavy atom.